The van der Waals surface area contributed by atoms with E-state index in [9.17, 15) is 14.7 Å². The van der Waals surface area contributed by atoms with Crippen molar-refractivity contribution in [3.05, 3.63) is 105 Å². The van der Waals surface area contributed by atoms with Crippen LogP contribution in [0.1, 0.15) is 11.3 Å². The molecule has 3 aromatic carbocycles. The first kappa shape index (κ1) is 22.5. The van der Waals surface area contributed by atoms with Gasteiger partial charge in [0.05, 0.1) is 5.39 Å². The number of carbonyl (C=O) groups excluding carboxylic acids is 1. The Kier molecular flexibility index (Phi) is 6.15. The monoisotopic (exact) mass is 534 g/mol. The van der Waals surface area contributed by atoms with Crippen molar-refractivity contribution in [2.24, 2.45) is 0 Å². The standard InChI is InChI=1S/C26H19BrN2O6/c27-16-7-4-8-17(12-16)28-26(32)29-18-9-10-20-19(13-18)23(30)24(31)25(35-20)21-14-33-22(34-21)11-15-5-2-1-3-6-15/h1-10,12-14,22,31H,11H2,(H2,28,29,32). The summed E-state index contributed by atoms with van der Waals surface area (Å²) in [6, 6.07) is 20.8. The Balaban J connectivity index is 1.33. The lowest BCUT2D eigenvalue weighted by Crippen LogP contribution is -2.19. The molecule has 0 radical (unpaired) electrons. The second-order valence-corrected chi connectivity index (χ2v) is 8.68. The number of hydrogen-bond acceptors (Lipinski definition) is 6. The van der Waals surface area contributed by atoms with Gasteiger partial charge < -0.3 is 29.6 Å². The van der Waals surface area contributed by atoms with Crippen molar-refractivity contribution in [2.75, 3.05) is 10.6 Å². The number of urea groups is 1. The van der Waals surface area contributed by atoms with Gasteiger partial charge in [-0.1, -0.05) is 52.3 Å². The molecule has 0 bridgehead atoms. The van der Waals surface area contributed by atoms with Crippen LogP contribution in [0.4, 0.5) is 16.2 Å². The number of rotatable bonds is 5. The third-order valence-electron chi connectivity index (χ3n) is 5.26. The summed E-state index contributed by atoms with van der Waals surface area (Å²) in [6.45, 7) is 0. The van der Waals surface area contributed by atoms with Crippen LogP contribution in [0.2, 0.25) is 0 Å². The Morgan fingerprint density at radius 1 is 0.971 bits per heavy atom. The number of halogens is 1. The molecule has 176 valence electrons. The molecular weight excluding hydrogens is 516 g/mol. The quantitative estimate of drug-likeness (QED) is 0.297. The van der Waals surface area contributed by atoms with Crippen LogP contribution in [0.15, 0.2) is 92.7 Å². The van der Waals surface area contributed by atoms with Gasteiger partial charge in [0.1, 0.15) is 11.8 Å². The summed E-state index contributed by atoms with van der Waals surface area (Å²) in [5, 5.41) is 16.0. The summed E-state index contributed by atoms with van der Waals surface area (Å²) in [5.74, 6) is -0.604. The maximum Gasteiger partial charge on any atom is 0.323 e. The Bertz CT molecular complexity index is 1500. The van der Waals surface area contributed by atoms with Crippen molar-refractivity contribution >= 4 is 50.1 Å². The summed E-state index contributed by atoms with van der Waals surface area (Å²) in [5.41, 5.74) is 1.52. The average molecular weight is 535 g/mol. The molecule has 1 aromatic heterocycles. The smallest absolute Gasteiger partial charge is 0.323 e. The molecule has 0 fully saturated rings. The first-order chi connectivity index (χ1) is 17.0. The minimum absolute atomic E-state index is 0.104. The fraction of sp³-hybridized carbons (Fsp3) is 0.0769. The summed E-state index contributed by atoms with van der Waals surface area (Å²) < 4.78 is 17.9. The van der Waals surface area contributed by atoms with Gasteiger partial charge >= 0.3 is 6.03 Å². The molecule has 4 aromatic rings. The van der Waals surface area contributed by atoms with Crippen LogP contribution in [-0.2, 0) is 15.9 Å². The van der Waals surface area contributed by atoms with E-state index in [1.807, 2.05) is 36.4 Å². The predicted octanol–water partition coefficient (Wildman–Crippen LogP) is 5.82. The van der Waals surface area contributed by atoms with E-state index in [1.165, 1.54) is 18.4 Å². The van der Waals surface area contributed by atoms with Crippen LogP contribution in [0.5, 0.6) is 5.75 Å². The van der Waals surface area contributed by atoms with Gasteiger partial charge in [0.25, 0.3) is 0 Å². The Hall–Kier alpha value is -4.24. The lowest BCUT2D eigenvalue weighted by atomic mass is 10.1. The third kappa shape index (κ3) is 4.99. The Labute approximate surface area is 207 Å². The fourth-order valence-corrected chi connectivity index (χ4v) is 4.03. The maximum atomic E-state index is 12.9. The van der Waals surface area contributed by atoms with Gasteiger partial charge in [-0.15, -0.1) is 0 Å². The molecule has 2 heterocycles. The van der Waals surface area contributed by atoms with E-state index in [0.717, 1.165) is 10.0 Å². The van der Waals surface area contributed by atoms with Crippen LogP contribution >= 0.6 is 15.9 Å². The highest BCUT2D eigenvalue weighted by Gasteiger charge is 2.27. The molecule has 3 N–H and O–H groups in total. The highest BCUT2D eigenvalue weighted by molar-refractivity contribution is 9.10. The van der Waals surface area contributed by atoms with E-state index in [2.05, 4.69) is 26.6 Å². The molecule has 35 heavy (non-hydrogen) atoms. The molecule has 8 nitrogen and oxygen atoms in total. The SMILES string of the molecule is O=C(Nc1cccc(Br)c1)Nc1ccc2oc(C3=COC(Cc4ccccc4)O3)c(O)c(=O)c2c1. The van der Waals surface area contributed by atoms with Crippen LogP contribution < -0.4 is 16.1 Å². The summed E-state index contributed by atoms with van der Waals surface area (Å²) in [7, 11) is 0. The zero-order valence-electron chi connectivity index (χ0n) is 18.2. The Morgan fingerprint density at radius 3 is 2.51 bits per heavy atom. The molecule has 1 unspecified atom stereocenters. The number of amides is 2. The number of nitrogens with one attached hydrogen (secondary N) is 2. The molecule has 1 aliphatic rings. The normalized spacial score (nSPS) is 14.7. The topological polar surface area (TPSA) is 110 Å². The highest BCUT2D eigenvalue weighted by Crippen LogP contribution is 2.33. The van der Waals surface area contributed by atoms with Crippen LogP contribution in [0.3, 0.4) is 0 Å². The molecule has 1 aliphatic heterocycles. The van der Waals surface area contributed by atoms with Crippen molar-refractivity contribution in [1.82, 2.24) is 0 Å². The van der Waals surface area contributed by atoms with E-state index in [-0.39, 0.29) is 22.5 Å². The van der Waals surface area contributed by atoms with Gasteiger partial charge in [-0.3, -0.25) is 4.79 Å². The number of aromatic hydroxyl groups is 1. The van der Waals surface area contributed by atoms with E-state index in [4.69, 9.17) is 13.9 Å². The number of anilines is 2. The first-order valence-electron chi connectivity index (χ1n) is 10.7. The van der Waals surface area contributed by atoms with Gasteiger partial charge in [0.15, 0.2) is 0 Å². The van der Waals surface area contributed by atoms with Crippen molar-refractivity contribution < 1.29 is 23.8 Å². The Morgan fingerprint density at radius 2 is 1.74 bits per heavy atom. The number of carbonyl (C=O) groups is 1. The molecule has 0 spiro atoms. The highest BCUT2D eigenvalue weighted by atomic mass is 79.9. The van der Waals surface area contributed by atoms with E-state index >= 15 is 0 Å². The van der Waals surface area contributed by atoms with Crippen LogP contribution in [0.25, 0.3) is 16.7 Å². The van der Waals surface area contributed by atoms with Crippen molar-refractivity contribution in [1.29, 1.82) is 0 Å². The minimum Gasteiger partial charge on any atom is -0.501 e. The zero-order valence-corrected chi connectivity index (χ0v) is 19.7. The third-order valence-corrected chi connectivity index (χ3v) is 5.75. The molecule has 0 saturated carbocycles. The summed E-state index contributed by atoms with van der Waals surface area (Å²) in [4.78, 5) is 25.2. The van der Waals surface area contributed by atoms with E-state index in [1.54, 1.807) is 24.3 Å². The molecule has 0 aliphatic carbocycles. The molecular formula is C26H19BrN2O6. The number of hydrogen-bond donors (Lipinski definition) is 3. The number of benzene rings is 3. The van der Waals surface area contributed by atoms with Crippen LogP contribution in [-0.4, -0.2) is 17.4 Å². The molecule has 0 saturated heterocycles. The second kappa shape index (κ2) is 9.55. The lowest BCUT2D eigenvalue weighted by Gasteiger charge is -2.12. The maximum absolute atomic E-state index is 12.9. The predicted molar refractivity (Wildman–Crippen MR) is 135 cm³/mol. The molecule has 1 atom stereocenters. The largest absolute Gasteiger partial charge is 0.501 e. The van der Waals surface area contributed by atoms with E-state index < -0.39 is 23.5 Å². The summed E-state index contributed by atoms with van der Waals surface area (Å²) in [6.07, 6.45) is 1.19. The first-order valence-corrected chi connectivity index (χ1v) is 11.5. The van der Waals surface area contributed by atoms with Gasteiger partial charge in [-0.2, -0.15) is 0 Å². The van der Waals surface area contributed by atoms with Gasteiger partial charge in [-0.05, 0) is 42.0 Å². The fourth-order valence-electron chi connectivity index (χ4n) is 3.63. The molecule has 9 heteroatoms. The van der Waals surface area contributed by atoms with Crippen molar-refractivity contribution in [2.45, 2.75) is 12.7 Å². The van der Waals surface area contributed by atoms with Crippen LogP contribution in [0, 0.1) is 0 Å². The second-order valence-electron chi connectivity index (χ2n) is 7.76. The van der Waals surface area contributed by atoms with Gasteiger partial charge in [0, 0.05) is 22.3 Å². The van der Waals surface area contributed by atoms with Gasteiger partial charge in [0.2, 0.25) is 29.0 Å². The van der Waals surface area contributed by atoms with E-state index in [0.29, 0.717) is 17.8 Å². The number of ether oxygens (including phenoxy) is 2. The molecule has 2 amide bonds. The average Bonchev–Trinajstić information content (AvgIpc) is 3.30. The minimum atomic E-state index is -0.659. The zero-order chi connectivity index (χ0) is 24.4. The van der Waals surface area contributed by atoms with Crippen molar-refractivity contribution in [3.63, 3.8) is 0 Å². The lowest BCUT2D eigenvalue weighted by molar-refractivity contribution is -0.0145. The van der Waals surface area contributed by atoms with Gasteiger partial charge in [-0.25, -0.2) is 4.79 Å². The van der Waals surface area contributed by atoms with Crippen molar-refractivity contribution in [3.8, 4) is 5.75 Å². The number of fused-ring (bicyclic) bond motifs is 1. The molecule has 5 rings (SSSR count). The summed E-state index contributed by atoms with van der Waals surface area (Å²) >= 11 is 3.35.